The lowest BCUT2D eigenvalue weighted by atomic mass is 9.69. The molecular weight excluding hydrogens is 427 g/mol. The average molecular weight is 451 g/mol. The number of thiophene rings is 1. The molecule has 1 amide bonds. The summed E-state index contributed by atoms with van der Waals surface area (Å²) in [6.07, 6.45) is 4.04. The number of benzene rings is 1. The van der Waals surface area contributed by atoms with Gasteiger partial charge < -0.3 is 10.1 Å². The summed E-state index contributed by atoms with van der Waals surface area (Å²) in [5.41, 5.74) is 1.96. The third kappa shape index (κ3) is 4.88. The van der Waals surface area contributed by atoms with Crippen LogP contribution in [0.2, 0.25) is 10.0 Å². The summed E-state index contributed by atoms with van der Waals surface area (Å²) in [4.78, 5) is 13.6. The summed E-state index contributed by atoms with van der Waals surface area (Å²) in [6, 6.07) is 7.12. The Balaban J connectivity index is 1.70. The number of amides is 1. The monoisotopic (exact) mass is 450 g/mol. The third-order valence-electron chi connectivity index (χ3n) is 5.90. The first-order valence-electron chi connectivity index (χ1n) is 9.67. The molecule has 4 nitrogen and oxygen atoms in total. The van der Waals surface area contributed by atoms with Gasteiger partial charge in [0.25, 0.3) is 5.91 Å². The van der Waals surface area contributed by atoms with Gasteiger partial charge in [-0.05, 0) is 54.4 Å². The SMILES string of the molecule is CCC(C)(C)[C@@H]1CCc2c(sc(NC(=O)COc3ccc(Cl)cc3Cl)c2C#N)C1. The van der Waals surface area contributed by atoms with Gasteiger partial charge in [0.1, 0.15) is 16.8 Å². The fourth-order valence-corrected chi connectivity index (χ4v) is 5.40. The second-order valence-corrected chi connectivity index (χ2v) is 9.96. The Morgan fingerprint density at radius 1 is 1.41 bits per heavy atom. The van der Waals surface area contributed by atoms with Crippen LogP contribution in [0.3, 0.4) is 0 Å². The fourth-order valence-electron chi connectivity index (χ4n) is 3.65. The maximum absolute atomic E-state index is 12.4. The number of nitrogens with one attached hydrogen (secondary N) is 1. The van der Waals surface area contributed by atoms with E-state index in [2.05, 4.69) is 32.2 Å². The second kappa shape index (κ2) is 8.95. The Kier molecular flexibility index (Phi) is 6.78. The molecule has 1 aliphatic rings. The first-order chi connectivity index (χ1) is 13.7. The zero-order chi connectivity index (χ0) is 21.2. The molecule has 0 fully saturated rings. The van der Waals surface area contributed by atoms with Crippen LogP contribution >= 0.6 is 34.5 Å². The van der Waals surface area contributed by atoms with Crippen LogP contribution in [0.5, 0.6) is 5.75 Å². The molecular formula is C22H24Cl2N2O2S. The van der Waals surface area contributed by atoms with Crippen molar-refractivity contribution < 1.29 is 9.53 Å². The van der Waals surface area contributed by atoms with Crippen molar-refractivity contribution in [3.8, 4) is 11.8 Å². The van der Waals surface area contributed by atoms with Crippen LogP contribution in [-0.4, -0.2) is 12.5 Å². The van der Waals surface area contributed by atoms with Gasteiger partial charge in [-0.3, -0.25) is 4.79 Å². The number of carbonyl (C=O) groups is 1. The zero-order valence-corrected chi connectivity index (χ0v) is 19.1. The lowest BCUT2D eigenvalue weighted by Crippen LogP contribution is -2.28. The van der Waals surface area contributed by atoms with Gasteiger partial charge in [-0.2, -0.15) is 5.26 Å². The van der Waals surface area contributed by atoms with Crippen molar-refractivity contribution in [3.05, 3.63) is 44.2 Å². The normalized spacial score (nSPS) is 16.1. The Morgan fingerprint density at radius 2 is 2.17 bits per heavy atom. The van der Waals surface area contributed by atoms with Crippen molar-refractivity contribution >= 4 is 45.4 Å². The van der Waals surface area contributed by atoms with E-state index < -0.39 is 0 Å². The summed E-state index contributed by atoms with van der Waals surface area (Å²) >= 11 is 13.5. The van der Waals surface area contributed by atoms with Crippen LogP contribution in [0.4, 0.5) is 5.00 Å². The van der Waals surface area contributed by atoms with Crippen molar-refractivity contribution in [1.29, 1.82) is 5.26 Å². The van der Waals surface area contributed by atoms with Crippen LogP contribution in [0.1, 0.15) is 49.6 Å². The molecule has 3 rings (SSSR count). The summed E-state index contributed by atoms with van der Waals surface area (Å²) in [5, 5.41) is 14.0. The van der Waals surface area contributed by atoms with Crippen LogP contribution in [0, 0.1) is 22.7 Å². The molecule has 2 aromatic rings. The number of hydrogen-bond acceptors (Lipinski definition) is 4. The summed E-state index contributed by atoms with van der Waals surface area (Å²) < 4.78 is 5.50. The zero-order valence-electron chi connectivity index (χ0n) is 16.8. The molecule has 7 heteroatoms. The minimum absolute atomic E-state index is 0.194. The first-order valence-corrected chi connectivity index (χ1v) is 11.2. The topological polar surface area (TPSA) is 62.1 Å². The van der Waals surface area contributed by atoms with Crippen molar-refractivity contribution in [3.63, 3.8) is 0 Å². The first kappa shape index (κ1) is 22.0. The number of hydrogen-bond donors (Lipinski definition) is 1. The van der Waals surface area contributed by atoms with Gasteiger partial charge in [0.05, 0.1) is 10.6 Å². The number of ether oxygens (including phenoxy) is 1. The molecule has 1 N–H and O–H groups in total. The molecule has 29 heavy (non-hydrogen) atoms. The number of fused-ring (bicyclic) bond motifs is 1. The van der Waals surface area contributed by atoms with E-state index in [0.29, 0.717) is 32.3 Å². The predicted octanol–water partition coefficient (Wildman–Crippen LogP) is 6.49. The number of carbonyl (C=O) groups excluding carboxylic acids is 1. The van der Waals surface area contributed by atoms with E-state index in [9.17, 15) is 10.1 Å². The molecule has 154 valence electrons. The maximum atomic E-state index is 12.4. The smallest absolute Gasteiger partial charge is 0.262 e. The highest BCUT2D eigenvalue weighted by Crippen LogP contribution is 2.45. The quantitative estimate of drug-likeness (QED) is 0.546. The van der Waals surface area contributed by atoms with E-state index in [4.69, 9.17) is 27.9 Å². The Morgan fingerprint density at radius 3 is 2.83 bits per heavy atom. The van der Waals surface area contributed by atoms with Gasteiger partial charge in [0.2, 0.25) is 0 Å². The van der Waals surface area contributed by atoms with Crippen molar-refractivity contribution in [2.24, 2.45) is 11.3 Å². The molecule has 0 bridgehead atoms. The van der Waals surface area contributed by atoms with Crippen LogP contribution < -0.4 is 10.1 Å². The van der Waals surface area contributed by atoms with E-state index in [1.54, 1.807) is 18.2 Å². The predicted molar refractivity (Wildman–Crippen MR) is 119 cm³/mol. The Hall–Kier alpha value is -1.74. The number of halogens is 2. The van der Waals surface area contributed by atoms with Crippen LogP contribution in [0.25, 0.3) is 0 Å². The second-order valence-electron chi connectivity index (χ2n) is 8.01. The number of nitrogens with zero attached hydrogens (tertiary/aromatic N) is 1. The molecule has 1 aromatic carbocycles. The van der Waals surface area contributed by atoms with Crippen molar-refractivity contribution in [2.45, 2.75) is 46.5 Å². The summed E-state index contributed by atoms with van der Waals surface area (Å²) in [7, 11) is 0. The highest BCUT2D eigenvalue weighted by Gasteiger charge is 2.34. The van der Waals surface area contributed by atoms with E-state index in [1.807, 2.05) is 0 Å². The van der Waals surface area contributed by atoms with Gasteiger partial charge in [-0.25, -0.2) is 0 Å². The van der Waals surface area contributed by atoms with Crippen molar-refractivity contribution in [2.75, 3.05) is 11.9 Å². The van der Waals surface area contributed by atoms with Gasteiger partial charge in [0, 0.05) is 9.90 Å². The molecule has 0 aliphatic heterocycles. The average Bonchev–Trinajstić information content (AvgIpc) is 3.03. The minimum atomic E-state index is -0.323. The summed E-state index contributed by atoms with van der Waals surface area (Å²) in [5.74, 6) is 0.655. The lowest BCUT2D eigenvalue weighted by molar-refractivity contribution is -0.118. The largest absolute Gasteiger partial charge is 0.482 e. The van der Waals surface area contributed by atoms with Gasteiger partial charge >= 0.3 is 0 Å². The number of rotatable bonds is 6. The molecule has 0 spiro atoms. The Bertz CT molecular complexity index is 962. The maximum Gasteiger partial charge on any atom is 0.262 e. The highest BCUT2D eigenvalue weighted by atomic mass is 35.5. The van der Waals surface area contributed by atoms with E-state index in [1.165, 1.54) is 16.2 Å². The van der Waals surface area contributed by atoms with Gasteiger partial charge in [0.15, 0.2) is 6.61 Å². The highest BCUT2D eigenvalue weighted by molar-refractivity contribution is 7.16. The van der Waals surface area contributed by atoms with Gasteiger partial charge in [-0.15, -0.1) is 11.3 Å². The van der Waals surface area contributed by atoms with Crippen LogP contribution in [-0.2, 0) is 17.6 Å². The molecule has 0 saturated heterocycles. The lowest BCUT2D eigenvalue weighted by Gasteiger charge is -2.36. The molecule has 0 saturated carbocycles. The van der Waals surface area contributed by atoms with E-state index in [-0.39, 0.29) is 17.9 Å². The van der Waals surface area contributed by atoms with Gasteiger partial charge in [-0.1, -0.05) is 50.4 Å². The standard InChI is InChI=1S/C22H24Cl2N2O2S/c1-4-22(2,3)13-5-7-15-16(11-25)21(29-19(15)9-13)26-20(27)12-28-18-8-6-14(23)10-17(18)24/h6,8,10,13H,4-5,7,9,12H2,1-3H3,(H,26,27)/t13-/m1/s1. The Labute approximate surface area is 185 Å². The molecule has 1 heterocycles. The van der Waals surface area contributed by atoms with E-state index in [0.717, 1.165) is 31.2 Å². The fraction of sp³-hybridized carbons (Fsp3) is 0.455. The molecule has 1 aromatic heterocycles. The van der Waals surface area contributed by atoms with Crippen molar-refractivity contribution in [1.82, 2.24) is 0 Å². The molecule has 1 atom stereocenters. The number of nitriles is 1. The number of anilines is 1. The third-order valence-corrected chi connectivity index (χ3v) is 7.60. The van der Waals surface area contributed by atoms with E-state index >= 15 is 0 Å². The molecule has 1 aliphatic carbocycles. The summed E-state index contributed by atoms with van der Waals surface area (Å²) in [6.45, 7) is 6.65. The molecule has 0 unspecified atom stereocenters. The minimum Gasteiger partial charge on any atom is -0.482 e. The van der Waals surface area contributed by atoms with Crippen LogP contribution in [0.15, 0.2) is 18.2 Å². The molecule has 0 radical (unpaired) electrons.